The summed E-state index contributed by atoms with van der Waals surface area (Å²) in [6, 6.07) is 10.4. The van der Waals surface area contributed by atoms with Crippen LogP contribution >= 0.6 is 12.4 Å². The molecule has 0 spiro atoms. The summed E-state index contributed by atoms with van der Waals surface area (Å²) in [5.41, 5.74) is 2.14. The number of urea groups is 1. The zero-order chi connectivity index (χ0) is 19.8. The highest BCUT2D eigenvalue weighted by atomic mass is 35.5. The zero-order valence-corrected chi connectivity index (χ0v) is 18.0. The Morgan fingerprint density at radius 3 is 2.70 bits per heavy atom. The van der Waals surface area contributed by atoms with Crippen LogP contribution in [-0.2, 0) is 11.2 Å². The fourth-order valence-corrected chi connectivity index (χ4v) is 4.50. The maximum atomic E-state index is 13.2. The molecule has 1 atom stereocenters. The number of ether oxygens (including phenoxy) is 1. The molecule has 0 saturated carbocycles. The first kappa shape index (κ1) is 20.9. The number of nitrogens with zero attached hydrogens (tertiary/aromatic N) is 4. The van der Waals surface area contributed by atoms with E-state index < -0.39 is 0 Å². The van der Waals surface area contributed by atoms with Crippen LogP contribution in [0.25, 0.3) is 0 Å². The lowest BCUT2D eigenvalue weighted by Crippen LogP contribution is -2.50. The number of halogens is 1. The van der Waals surface area contributed by atoms with Crippen molar-refractivity contribution in [1.82, 2.24) is 14.9 Å². The van der Waals surface area contributed by atoms with Gasteiger partial charge in [0, 0.05) is 25.7 Å². The SMILES string of the molecule is CCCN1C(=O)N2C[C@@H](Cc3ccccc3)N=C2c2[nH]c(C3CCOCC3)nc21.Cl. The minimum Gasteiger partial charge on any atom is -0.381 e. The van der Waals surface area contributed by atoms with E-state index in [9.17, 15) is 4.79 Å². The number of rotatable bonds is 5. The number of H-pyrrole nitrogens is 1. The Hall–Kier alpha value is -2.38. The van der Waals surface area contributed by atoms with Crippen molar-refractivity contribution in [3.63, 3.8) is 0 Å². The summed E-state index contributed by atoms with van der Waals surface area (Å²) in [7, 11) is 0. The average molecular weight is 430 g/mol. The number of aliphatic imine (C=N–C) groups is 1. The number of hydrogen-bond donors (Lipinski definition) is 1. The first-order valence-electron chi connectivity index (χ1n) is 10.6. The molecule has 160 valence electrons. The fourth-order valence-electron chi connectivity index (χ4n) is 4.50. The van der Waals surface area contributed by atoms with Gasteiger partial charge < -0.3 is 9.72 Å². The average Bonchev–Trinajstić information content (AvgIpc) is 3.37. The summed E-state index contributed by atoms with van der Waals surface area (Å²) >= 11 is 0. The molecular formula is C22H28ClN5O2. The van der Waals surface area contributed by atoms with Gasteiger partial charge in [0.25, 0.3) is 0 Å². The quantitative estimate of drug-likeness (QED) is 0.786. The molecule has 0 bridgehead atoms. The summed E-state index contributed by atoms with van der Waals surface area (Å²) in [5.74, 6) is 2.81. The van der Waals surface area contributed by atoms with Gasteiger partial charge in [-0.15, -0.1) is 12.4 Å². The Bertz CT molecular complexity index is 923. The van der Waals surface area contributed by atoms with Crippen molar-refractivity contribution in [3.05, 3.63) is 47.4 Å². The van der Waals surface area contributed by atoms with E-state index in [1.807, 2.05) is 28.0 Å². The van der Waals surface area contributed by atoms with Crippen LogP contribution in [0.5, 0.6) is 0 Å². The molecule has 3 aliphatic rings. The van der Waals surface area contributed by atoms with Crippen LogP contribution in [0, 0.1) is 0 Å². The van der Waals surface area contributed by atoms with Crippen LogP contribution in [0.15, 0.2) is 35.3 Å². The molecule has 3 aliphatic heterocycles. The van der Waals surface area contributed by atoms with E-state index in [1.54, 1.807) is 0 Å². The summed E-state index contributed by atoms with van der Waals surface area (Å²) < 4.78 is 5.50. The second kappa shape index (κ2) is 8.78. The van der Waals surface area contributed by atoms with Crippen molar-refractivity contribution in [2.45, 2.75) is 44.6 Å². The Morgan fingerprint density at radius 1 is 1.20 bits per heavy atom. The molecule has 4 heterocycles. The number of aromatic amines is 1. The molecule has 1 aromatic heterocycles. The molecule has 2 aromatic rings. The van der Waals surface area contributed by atoms with Crippen LogP contribution in [0.4, 0.5) is 10.6 Å². The number of carbonyl (C=O) groups is 1. The molecule has 30 heavy (non-hydrogen) atoms. The predicted molar refractivity (Wildman–Crippen MR) is 119 cm³/mol. The zero-order valence-electron chi connectivity index (χ0n) is 17.2. The third kappa shape index (κ3) is 3.72. The first-order valence-corrected chi connectivity index (χ1v) is 10.6. The number of amidine groups is 1. The largest absolute Gasteiger partial charge is 0.381 e. The lowest BCUT2D eigenvalue weighted by molar-refractivity contribution is 0.0837. The lowest BCUT2D eigenvalue weighted by atomic mass is 10.00. The van der Waals surface area contributed by atoms with Crippen molar-refractivity contribution in [2.75, 3.05) is 31.2 Å². The number of anilines is 1. The number of aromatic nitrogens is 2. The maximum Gasteiger partial charge on any atom is 0.331 e. The maximum absolute atomic E-state index is 13.2. The van der Waals surface area contributed by atoms with Gasteiger partial charge in [0.05, 0.1) is 12.6 Å². The molecule has 2 amide bonds. The predicted octanol–water partition coefficient (Wildman–Crippen LogP) is 3.75. The van der Waals surface area contributed by atoms with Gasteiger partial charge in [-0.3, -0.25) is 14.8 Å². The van der Waals surface area contributed by atoms with Crippen molar-refractivity contribution in [1.29, 1.82) is 0 Å². The second-order valence-electron chi connectivity index (χ2n) is 8.05. The number of benzene rings is 1. The number of imidazole rings is 1. The van der Waals surface area contributed by atoms with Gasteiger partial charge in [0.15, 0.2) is 11.7 Å². The highest BCUT2D eigenvalue weighted by molar-refractivity contribution is 6.18. The molecule has 0 aliphatic carbocycles. The van der Waals surface area contributed by atoms with Gasteiger partial charge in [0.1, 0.15) is 11.5 Å². The van der Waals surface area contributed by atoms with Gasteiger partial charge in [-0.05, 0) is 31.2 Å². The van der Waals surface area contributed by atoms with Crippen LogP contribution < -0.4 is 4.90 Å². The Labute approximate surface area is 182 Å². The third-order valence-corrected chi connectivity index (χ3v) is 5.97. The van der Waals surface area contributed by atoms with Gasteiger partial charge >= 0.3 is 6.03 Å². The van der Waals surface area contributed by atoms with E-state index in [2.05, 4.69) is 24.0 Å². The summed E-state index contributed by atoms with van der Waals surface area (Å²) in [4.78, 5) is 30.3. The number of fused-ring (bicyclic) bond motifs is 3. The van der Waals surface area contributed by atoms with Crippen LogP contribution in [-0.4, -0.2) is 59.1 Å². The van der Waals surface area contributed by atoms with E-state index in [4.69, 9.17) is 14.7 Å². The summed E-state index contributed by atoms with van der Waals surface area (Å²) in [5, 5.41) is 0. The Morgan fingerprint density at radius 2 is 1.97 bits per heavy atom. The summed E-state index contributed by atoms with van der Waals surface area (Å²) in [6.07, 6.45) is 3.64. The highest BCUT2D eigenvalue weighted by Crippen LogP contribution is 2.34. The van der Waals surface area contributed by atoms with Crippen LogP contribution in [0.3, 0.4) is 0 Å². The third-order valence-electron chi connectivity index (χ3n) is 5.97. The molecular weight excluding hydrogens is 402 g/mol. The van der Waals surface area contributed by atoms with E-state index >= 15 is 0 Å². The molecule has 8 heteroatoms. The van der Waals surface area contributed by atoms with E-state index in [1.165, 1.54) is 5.56 Å². The number of hydrogen-bond acceptors (Lipinski definition) is 4. The van der Waals surface area contributed by atoms with E-state index in [0.29, 0.717) is 19.0 Å². The number of amides is 2. The number of carbonyl (C=O) groups excluding carboxylic acids is 1. The molecule has 7 nitrogen and oxygen atoms in total. The van der Waals surface area contributed by atoms with Crippen molar-refractivity contribution in [2.24, 2.45) is 4.99 Å². The standard InChI is InChI=1S/C22H27N5O2.ClH/c1-2-10-26-21-18(24-19(25-21)16-8-11-29-12-9-16)20-23-17(14-27(20)22(26)28)13-15-6-4-3-5-7-15;/h3-7,16-17H,2,8-14H2,1H3,(H,24,25);1H/t17-;/m1./s1. The minimum atomic E-state index is -0.00121. The van der Waals surface area contributed by atoms with E-state index in [0.717, 1.165) is 62.1 Å². The molecule has 1 saturated heterocycles. The van der Waals surface area contributed by atoms with Gasteiger partial charge in [-0.25, -0.2) is 9.78 Å². The van der Waals surface area contributed by atoms with E-state index in [-0.39, 0.29) is 24.5 Å². The van der Waals surface area contributed by atoms with Gasteiger partial charge in [0.2, 0.25) is 0 Å². The molecule has 0 unspecified atom stereocenters. The number of nitrogens with one attached hydrogen (secondary N) is 1. The second-order valence-corrected chi connectivity index (χ2v) is 8.05. The topological polar surface area (TPSA) is 73.8 Å². The molecule has 5 rings (SSSR count). The van der Waals surface area contributed by atoms with Crippen molar-refractivity contribution in [3.8, 4) is 0 Å². The van der Waals surface area contributed by atoms with Crippen molar-refractivity contribution >= 4 is 30.1 Å². The van der Waals surface area contributed by atoms with Crippen LogP contribution in [0.2, 0.25) is 0 Å². The fraction of sp³-hybridized carbons (Fsp3) is 0.500. The monoisotopic (exact) mass is 429 g/mol. The van der Waals surface area contributed by atoms with Crippen molar-refractivity contribution < 1.29 is 9.53 Å². The normalized spacial score (nSPS) is 21.2. The lowest BCUT2D eigenvalue weighted by Gasteiger charge is -2.32. The highest BCUT2D eigenvalue weighted by Gasteiger charge is 2.42. The Kier molecular flexibility index (Phi) is 6.11. The summed E-state index contributed by atoms with van der Waals surface area (Å²) in [6.45, 7) is 4.90. The van der Waals surface area contributed by atoms with Gasteiger partial charge in [-0.1, -0.05) is 37.3 Å². The van der Waals surface area contributed by atoms with Crippen LogP contribution in [0.1, 0.15) is 49.2 Å². The molecule has 1 aromatic carbocycles. The molecule has 1 fully saturated rings. The van der Waals surface area contributed by atoms with Gasteiger partial charge in [-0.2, -0.15) is 0 Å². The molecule has 0 radical (unpaired) electrons. The minimum absolute atomic E-state index is 0. The smallest absolute Gasteiger partial charge is 0.331 e. The molecule has 1 N–H and O–H groups in total. The Balaban J connectivity index is 0.00000218. The first-order chi connectivity index (χ1) is 14.2.